The van der Waals surface area contributed by atoms with Crippen LogP contribution in [0.15, 0.2) is 75.6 Å². The molecule has 0 aliphatic carbocycles. The molecule has 6 heteroatoms. The molecular formula is C24H19BrClNO3. The first-order valence-corrected chi connectivity index (χ1v) is 10.6. The fraction of sp³-hybridized carbons (Fsp3) is 0.125. The molecule has 0 saturated heterocycles. The summed E-state index contributed by atoms with van der Waals surface area (Å²) in [5.74, 6) is 0.578. The van der Waals surface area contributed by atoms with Crippen molar-refractivity contribution in [3.8, 4) is 11.3 Å². The Morgan fingerprint density at radius 3 is 2.53 bits per heavy atom. The maximum atomic E-state index is 12.7. The van der Waals surface area contributed by atoms with E-state index in [0.717, 1.165) is 32.1 Å². The van der Waals surface area contributed by atoms with Crippen LogP contribution in [0.1, 0.15) is 24.2 Å². The molecule has 1 amide bonds. The van der Waals surface area contributed by atoms with Gasteiger partial charge in [-0.25, -0.2) is 4.79 Å². The summed E-state index contributed by atoms with van der Waals surface area (Å²) in [7, 11) is 0. The van der Waals surface area contributed by atoms with E-state index in [2.05, 4.69) is 21.2 Å². The van der Waals surface area contributed by atoms with Crippen molar-refractivity contribution in [2.45, 2.75) is 20.0 Å². The van der Waals surface area contributed by atoms with Gasteiger partial charge in [0, 0.05) is 26.0 Å². The van der Waals surface area contributed by atoms with Crippen LogP contribution < -0.4 is 5.32 Å². The van der Waals surface area contributed by atoms with E-state index in [0.29, 0.717) is 16.5 Å². The van der Waals surface area contributed by atoms with Gasteiger partial charge in [0.05, 0.1) is 5.69 Å². The van der Waals surface area contributed by atoms with Crippen LogP contribution in [-0.2, 0) is 4.74 Å². The van der Waals surface area contributed by atoms with Gasteiger partial charge < -0.3 is 9.15 Å². The third-order valence-electron chi connectivity index (χ3n) is 4.87. The standard InChI is InChI=1S/C24H19BrClNO3/c1-14-6-5-8-19-21(23(30-22(14)19)16-10-12-17(25)13-11-16)27-24(28)29-15(2)18-7-3-4-9-20(18)26/h3-13,15H,1-2H3,(H,27,28)/t15-/m1/s1. The fourth-order valence-corrected chi connectivity index (χ4v) is 3.90. The topological polar surface area (TPSA) is 51.5 Å². The lowest BCUT2D eigenvalue weighted by Crippen LogP contribution is -2.16. The minimum atomic E-state index is -0.579. The molecular weight excluding hydrogens is 466 g/mol. The monoisotopic (exact) mass is 483 g/mol. The number of fused-ring (bicyclic) bond motifs is 1. The summed E-state index contributed by atoms with van der Waals surface area (Å²) in [6.45, 7) is 3.76. The number of rotatable bonds is 4. The van der Waals surface area contributed by atoms with E-state index < -0.39 is 12.2 Å². The third-order valence-corrected chi connectivity index (χ3v) is 5.75. The highest BCUT2D eigenvalue weighted by molar-refractivity contribution is 9.10. The molecule has 0 fully saturated rings. The van der Waals surface area contributed by atoms with E-state index in [1.807, 2.05) is 67.6 Å². The summed E-state index contributed by atoms with van der Waals surface area (Å²) >= 11 is 9.68. The lowest BCUT2D eigenvalue weighted by molar-refractivity contribution is 0.121. The van der Waals surface area contributed by atoms with E-state index >= 15 is 0 Å². The van der Waals surface area contributed by atoms with Crippen LogP contribution in [0.3, 0.4) is 0 Å². The molecule has 0 aliphatic heterocycles. The van der Waals surface area contributed by atoms with Crippen molar-refractivity contribution in [3.05, 3.63) is 87.4 Å². The number of benzene rings is 3. The Morgan fingerprint density at radius 2 is 1.80 bits per heavy atom. The zero-order chi connectivity index (χ0) is 21.3. The van der Waals surface area contributed by atoms with Crippen LogP contribution >= 0.6 is 27.5 Å². The molecule has 1 heterocycles. The van der Waals surface area contributed by atoms with E-state index in [1.54, 1.807) is 13.0 Å². The summed E-state index contributed by atoms with van der Waals surface area (Å²) in [5.41, 5.74) is 3.88. The van der Waals surface area contributed by atoms with Crippen molar-refractivity contribution in [3.63, 3.8) is 0 Å². The van der Waals surface area contributed by atoms with Crippen LogP contribution in [0, 0.1) is 6.92 Å². The van der Waals surface area contributed by atoms with Crippen molar-refractivity contribution < 1.29 is 13.9 Å². The Hall–Kier alpha value is -2.76. The van der Waals surface area contributed by atoms with Gasteiger partial charge in [-0.2, -0.15) is 0 Å². The molecule has 3 aromatic carbocycles. The van der Waals surface area contributed by atoms with Crippen LogP contribution in [0.5, 0.6) is 0 Å². The molecule has 4 aromatic rings. The number of amides is 1. The summed E-state index contributed by atoms with van der Waals surface area (Å²) in [5, 5.41) is 4.25. The van der Waals surface area contributed by atoms with E-state index in [1.165, 1.54) is 0 Å². The van der Waals surface area contributed by atoms with Crippen LogP contribution in [0.25, 0.3) is 22.3 Å². The highest BCUT2D eigenvalue weighted by atomic mass is 79.9. The number of aryl methyl sites for hydroxylation is 1. The van der Waals surface area contributed by atoms with Gasteiger partial charge in [-0.3, -0.25) is 5.32 Å². The van der Waals surface area contributed by atoms with Crippen molar-refractivity contribution in [2.24, 2.45) is 0 Å². The second-order valence-electron chi connectivity index (χ2n) is 6.96. The van der Waals surface area contributed by atoms with Crippen LogP contribution in [0.4, 0.5) is 10.5 Å². The van der Waals surface area contributed by atoms with Gasteiger partial charge in [0.1, 0.15) is 11.7 Å². The van der Waals surface area contributed by atoms with Gasteiger partial charge in [-0.15, -0.1) is 0 Å². The molecule has 30 heavy (non-hydrogen) atoms. The van der Waals surface area contributed by atoms with Gasteiger partial charge in [0.25, 0.3) is 0 Å². The number of halogens is 2. The zero-order valence-electron chi connectivity index (χ0n) is 16.4. The quantitative estimate of drug-likeness (QED) is 0.318. The predicted octanol–water partition coefficient (Wildman–Crippen LogP) is 8.13. The first-order chi connectivity index (χ1) is 14.4. The average Bonchev–Trinajstić information content (AvgIpc) is 3.08. The maximum Gasteiger partial charge on any atom is 0.412 e. The first-order valence-electron chi connectivity index (χ1n) is 9.44. The molecule has 0 aliphatic rings. The first kappa shape index (κ1) is 20.5. The molecule has 0 radical (unpaired) electrons. The van der Waals surface area contributed by atoms with Gasteiger partial charge >= 0.3 is 6.09 Å². The van der Waals surface area contributed by atoms with E-state index in [9.17, 15) is 4.79 Å². The third kappa shape index (κ3) is 4.09. The summed E-state index contributed by atoms with van der Waals surface area (Å²) < 4.78 is 12.7. The Labute approximate surface area is 187 Å². The SMILES string of the molecule is Cc1cccc2c(NC(=O)O[C@H](C)c3ccccc3Cl)c(-c3ccc(Br)cc3)oc12. The number of anilines is 1. The highest BCUT2D eigenvalue weighted by Crippen LogP contribution is 2.40. The molecule has 1 aromatic heterocycles. The second kappa shape index (κ2) is 8.54. The van der Waals surface area contributed by atoms with Crippen molar-refractivity contribution in [1.29, 1.82) is 0 Å². The van der Waals surface area contributed by atoms with Crippen molar-refractivity contribution >= 4 is 50.3 Å². The number of ether oxygens (including phenoxy) is 1. The van der Waals surface area contributed by atoms with E-state index in [-0.39, 0.29) is 0 Å². The summed E-state index contributed by atoms with van der Waals surface area (Å²) in [4.78, 5) is 12.7. The second-order valence-corrected chi connectivity index (χ2v) is 8.28. The number of carbonyl (C=O) groups is 1. The molecule has 4 nitrogen and oxygen atoms in total. The van der Waals surface area contributed by atoms with Crippen LogP contribution in [0.2, 0.25) is 5.02 Å². The Morgan fingerprint density at radius 1 is 1.07 bits per heavy atom. The molecule has 152 valence electrons. The number of hydrogen-bond acceptors (Lipinski definition) is 3. The zero-order valence-corrected chi connectivity index (χ0v) is 18.8. The Kier molecular flexibility index (Phi) is 5.84. The number of carbonyl (C=O) groups excluding carboxylic acids is 1. The smallest absolute Gasteiger partial charge is 0.412 e. The van der Waals surface area contributed by atoms with Crippen LogP contribution in [-0.4, -0.2) is 6.09 Å². The summed E-state index contributed by atoms with van der Waals surface area (Å²) in [6, 6.07) is 20.8. The Balaban J connectivity index is 1.68. The van der Waals surface area contributed by atoms with Gasteiger partial charge in [0.2, 0.25) is 0 Å². The van der Waals surface area contributed by atoms with Gasteiger partial charge in [-0.1, -0.05) is 70.0 Å². The van der Waals surface area contributed by atoms with Gasteiger partial charge in [0.15, 0.2) is 5.76 Å². The number of para-hydroxylation sites is 1. The largest absolute Gasteiger partial charge is 0.454 e. The fourth-order valence-electron chi connectivity index (χ4n) is 3.35. The molecule has 4 rings (SSSR count). The number of furan rings is 1. The van der Waals surface area contributed by atoms with Gasteiger partial charge in [-0.05, 0) is 43.7 Å². The minimum Gasteiger partial charge on any atom is -0.454 e. The van der Waals surface area contributed by atoms with Crippen molar-refractivity contribution in [2.75, 3.05) is 5.32 Å². The number of hydrogen-bond donors (Lipinski definition) is 1. The average molecular weight is 485 g/mol. The molecule has 1 atom stereocenters. The summed E-state index contributed by atoms with van der Waals surface area (Å²) in [6.07, 6.45) is -1.08. The lowest BCUT2D eigenvalue weighted by atomic mass is 10.1. The molecule has 0 unspecified atom stereocenters. The molecule has 0 bridgehead atoms. The van der Waals surface area contributed by atoms with Crippen molar-refractivity contribution in [1.82, 2.24) is 0 Å². The lowest BCUT2D eigenvalue weighted by Gasteiger charge is -2.15. The molecule has 1 N–H and O–H groups in total. The normalized spacial score (nSPS) is 12.0. The molecule has 0 spiro atoms. The highest BCUT2D eigenvalue weighted by Gasteiger charge is 2.21. The maximum absolute atomic E-state index is 12.7. The Bertz CT molecular complexity index is 1220. The molecule has 0 saturated carbocycles. The predicted molar refractivity (Wildman–Crippen MR) is 124 cm³/mol. The van der Waals surface area contributed by atoms with E-state index in [4.69, 9.17) is 20.8 Å². The minimum absolute atomic E-state index is 0.505. The number of nitrogens with one attached hydrogen (secondary N) is 1.